The number of carbonyl (C=O) groups excluding carboxylic acids is 1. The number of amides is 1. The summed E-state index contributed by atoms with van der Waals surface area (Å²) in [7, 11) is 0. The molecule has 0 aliphatic rings. The molecule has 0 aliphatic heterocycles. The van der Waals surface area contributed by atoms with Gasteiger partial charge in [-0.05, 0) is 70.0 Å². The van der Waals surface area contributed by atoms with Gasteiger partial charge in [0.15, 0.2) is 11.6 Å². The third-order valence-corrected chi connectivity index (χ3v) is 4.57. The van der Waals surface area contributed by atoms with E-state index in [1.807, 2.05) is 18.2 Å². The van der Waals surface area contributed by atoms with E-state index in [9.17, 15) is 23.5 Å². The molecule has 5 nitrogen and oxygen atoms in total. The summed E-state index contributed by atoms with van der Waals surface area (Å²) in [4.78, 5) is 23.7. The summed E-state index contributed by atoms with van der Waals surface area (Å²) >= 11 is 3.38. The highest BCUT2D eigenvalue weighted by atomic mass is 79.9. The van der Waals surface area contributed by atoms with Gasteiger partial charge in [0.25, 0.3) is 5.91 Å². The Hall–Kier alpha value is -3.52. The highest BCUT2D eigenvalue weighted by Gasteiger charge is 2.15. The number of halogens is 3. The Morgan fingerprint density at radius 3 is 2.30 bits per heavy atom. The molecule has 0 saturated carbocycles. The zero-order valence-corrected chi connectivity index (χ0v) is 16.8. The number of carbonyl (C=O) groups is 2. The van der Waals surface area contributed by atoms with E-state index >= 15 is 0 Å². The highest BCUT2D eigenvalue weighted by Crippen LogP contribution is 2.29. The summed E-state index contributed by atoms with van der Waals surface area (Å²) < 4.78 is 32.8. The van der Waals surface area contributed by atoms with Gasteiger partial charge in [-0.2, -0.15) is 0 Å². The quantitative estimate of drug-likeness (QED) is 0.471. The number of carboxylic acid groups (broad SMARTS) is 1. The van der Waals surface area contributed by atoms with E-state index in [1.165, 1.54) is 6.08 Å². The number of para-hydroxylation sites is 1. The first-order chi connectivity index (χ1) is 14.3. The summed E-state index contributed by atoms with van der Waals surface area (Å²) in [6, 6.07) is 16.3. The molecule has 3 aromatic rings. The molecule has 0 radical (unpaired) electrons. The summed E-state index contributed by atoms with van der Waals surface area (Å²) in [5.74, 6) is -3.43. The van der Waals surface area contributed by atoms with Gasteiger partial charge < -0.3 is 15.2 Å². The van der Waals surface area contributed by atoms with Crippen LogP contribution >= 0.6 is 15.9 Å². The Labute approximate surface area is 178 Å². The fourth-order valence-corrected chi connectivity index (χ4v) is 2.80. The van der Waals surface area contributed by atoms with Gasteiger partial charge in [-0.3, -0.25) is 4.79 Å². The van der Waals surface area contributed by atoms with Crippen molar-refractivity contribution in [2.24, 2.45) is 0 Å². The molecule has 3 rings (SSSR count). The second kappa shape index (κ2) is 9.32. The number of rotatable bonds is 6. The predicted octanol–water partition coefficient (Wildman–Crippen LogP) is 5.38. The summed E-state index contributed by atoms with van der Waals surface area (Å²) in [6.45, 7) is 0. The molecule has 1 amide bonds. The topological polar surface area (TPSA) is 75.6 Å². The van der Waals surface area contributed by atoms with Crippen LogP contribution in [0.25, 0.3) is 6.08 Å². The van der Waals surface area contributed by atoms with Gasteiger partial charge in [0.2, 0.25) is 0 Å². The molecule has 0 unspecified atom stereocenters. The molecule has 0 aromatic heterocycles. The van der Waals surface area contributed by atoms with Crippen LogP contribution in [0.2, 0.25) is 0 Å². The molecule has 3 aromatic carbocycles. The van der Waals surface area contributed by atoms with Crippen molar-refractivity contribution < 1.29 is 28.2 Å². The Bertz CT molecular complexity index is 1130. The maximum atomic E-state index is 13.3. The minimum atomic E-state index is -1.39. The summed E-state index contributed by atoms with van der Waals surface area (Å²) in [6.07, 6.45) is 1.24. The molecule has 0 saturated heterocycles. The lowest BCUT2D eigenvalue weighted by molar-refractivity contribution is -0.132. The lowest BCUT2D eigenvalue weighted by atomic mass is 10.1. The Kier molecular flexibility index (Phi) is 6.58. The zero-order valence-electron chi connectivity index (χ0n) is 15.2. The van der Waals surface area contributed by atoms with Crippen LogP contribution in [0.15, 0.2) is 76.9 Å². The van der Waals surface area contributed by atoms with Gasteiger partial charge >= 0.3 is 5.97 Å². The van der Waals surface area contributed by atoms with E-state index in [4.69, 9.17) is 4.74 Å². The van der Waals surface area contributed by atoms with Crippen LogP contribution < -0.4 is 10.1 Å². The van der Waals surface area contributed by atoms with Gasteiger partial charge in [0.1, 0.15) is 17.2 Å². The Balaban J connectivity index is 1.76. The highest BCUT2D eigenvalue weighted by molar-refractivity contribution is 9.10. The second-order valence-corrected chi connectivity index (χ2v) is 6.90. The predicted molar refractivity (Wildman–Crippen MR) is 110 cm³/mol. The SMILES string of the molecule is O=C(O)/C(=C\c1ccc(Oc2ccccc2Br)cc1)NC(=O)c1ccc(F)c(F)c1. The molecule has 0 spiro atoms. The van der Waals surface area contributed by atoms with Gasteiger partial charge in [-0.15, -0.1) is 0 Å². The third-order valence-electron chi connectivity index (χ3n) is 3.92. The summed E-state index contributed by atoms with van der Waals surface area (Å²) in [5, 5.41) is 11.5. The lowest BCUT2D eigenvalue weighted by Crippen LogP contribution is -2.27. The van der Waals surface area contributed by atoms with Crippen molar-refractivity contribution in [2.45, 2.75) is 0 Å². The van der Waals surface area contributed by atoms with Gasteiger partial charge in [0, 0.05) is 5.56 Å². The van der Waals surface area contributed by atoms with Crippen LogP contribution in [0.4, 0.5) is 8.78 Å². The molecule has 2 N–H and O–H groups in total. The van der Waals surface area contributed by atoms with Crippen molar-refractivity contribution in [3.05, 3.63) is 99.7 Å². The van der Waals surface area contributed by atoms with Crippen LogP contribution in [0.5, 0.6) is 11.5 Å². The number of aliphatic carboxylic acids is 1. The third kappa shape index (κ3) is 5.30. The molecular weight excluding hydrogens is 460 g/mol. The standard InChI is InChI=1S/C22H14BrF2NO4/c23-16-3-1-2-4-20(16)30-15-8-5-13(6-9-15)11-19(22(28)29)26-21(27)14-7-10-17(24)18(25)12-14/h1-12H,(H,26,27)(H,28,29)/b19-11+. The van der Waals surface area contributed by atoms with Crippen molar-refractivity contribution in [2.75, 3.05) is 0 Å². The molecule has 0 aliphatic carbocycles. The number of carboxylic acids is 1. The van der Waals surface area contributed by atoms with Gasteiger partial charge in [-0.25, -0.2) is 13.6 Å². The average molecular weight is 474 g/mol. The van der Waals surface area contributed by atoms with Crippen molar-refractivity contribution in [3.8, 4) is 11.5 Å². The number of hydrogen-bond donors (Lipinski definition) is 2. The first-order valence-electron chi connectivity index (χ1n) is 8.57. The lowest BCUT2D eigenvalue weighted by Gasteiger charge is -2.09. The van der Waals surface area contributed by atoms with E-state index in [0.717, 1.165) is 16.6 Å². The fraction of sp³-hybridized carbons (Fsp3) is 0. The van der Waals surface area contributed by atoms with Gasteiger partial charge in [-0.1, -0.05) is 24.3 Å². The molecule has 0 fully saturated rings. The molecule has 152 valence electrons. The molecule has 0 heterocycles. The van der Waals surface area contributed by atoms with Crippen LogP contribution in [0.1, 0.15) is 15.9 Å². The number of benzene rings is 3. The minimum absolute atomic E-state index is 0.210. The monoisotopic (exact) mass is 473 g/mol. The van der Waals surface area contributed by atoms with E-state index in [2.05, 4.69) is 21.2 Å². The average Bonchev–Trinajstić information content (AvgIpc) is 2.72. The normalized spacial score (nSPS) is 11.1. The van der Waals surface area contributed by atoms with Crippen molar-refractivity contribution in [1.29, 1.82) is 0 Å². The Morgan fingerprint density at radius 2 is 1.67 bits per heavy atom. The zero-order chi connectivity index (χ0) is 21.7. The molecule has 0 bridgehead atoms. The van der Waals surface area contributed by atoms with E-state index in [1.54, 1.807) is 30.3 Å². The van der Waals surface area contributed by atoms with Crippen LogP contribution in [-0.2, 0) is 4.79 Å². The first kappa shape index (κ1) is 21.2. The molecule has 0 atom stereocenters. The van der Waals surface area contributed by atoms with Crippen molar-refractivity contribution in [3.63, 3.8) is 0 Å². The molecule has 8 heteroatoms. The summed E-state index contributed by atoms with van der Waals surface area (Å²) in [5.41, 5.74) is -0.153. The number of ether oxygens (including phenoxy) is 1. The smallest absolute Gasteiger partial charge is 0.352 e. The van der Waals surface area contributed by atoms with E-state index < -0.39 is 29.2 Å². The van der Waals surface area contributed by atoms with Crippen molar-refractivity contribution in [1.82, 2.24) is 5.32 Å². The largest absolute Gasteiger partial charge is 0.477 e. The van der Waals surface area contributed by atoms with Crippen LogP contribution in [0, 0.1) is 11.6 Å². The maximum absolute atomic E-state index is 13.3. The molecular formula is C22H14BrF2NO4. The maximum Gasteiger partial charge on any atom is 0.352 e. The van der Waals surface area contributed by atoms with Gasteiger partial charge in [0.05, 0.1) is 4.47 Å². The Morgan fingerprint density at radius 1 is 0.967 bits per heavy atom. The molecule has 30 heavy (non-hydrogen) atoms. The van der Waals surface area contributed by atoms with E-state index in [-0.39, 0.29) is 5.56 Å². The second-order valence-electron chi connectivity index (χ2n) is 6.05. The first-order valence-corrected chi connectivity index (χ1v) is 9.36. The number of hydrogen-bond acceptors (Lipinski definition) is 3. The van der Waals surface area contributed by atoms with E-state index in [0.29, 0.717) is 23.1 Å². The number of nitrogens with one attached hydrogen (secondary N) is 1. The minimum Gasteiger partial charge on any atom is -0.477 e. The van der Waals surface area contributed by atoms with Crippen LogP contribution in [-0.4, -0.2) is 17.0 Å². The van der Waals surface area contributed by atoms with Crippen molar-refractivity contribution >= 4 is 33.9 Å². The van der Waals surface area contributed by atoms with Crippen LogP contribution in [0.3, 0.4) is 0 Å². The fourth-order valence-electron chi connectivity index (χ4n) is 2.44.